The lowest BCUT2D eigenvalue weighted by Gasteiger charge is -2.35. The molecule has 0 bridgehead atoms. The maximum absolute atomic E-state index is 12.7. The highest BCUT2D eigenvalue weighted by molar-refractivity contribution is 6.31. The van der Waals surface area contributed by atoms with Crippen molar-refractivity contribution >= 4 is 23.4 Å². The third-order valence-corrected chi connectivity index (χ3v) is 5.64. The van der Waals surface area contributed by atoms with Gasteiger partial charge in [-0.25, -0.2) is 0 Å². The van der Waals surface area contributed by atoms with Gasteiger partial charge in [-0.15, -0.1) is 0 Å². The molecule has 1 saturated carbocycles. The molecule has 1 aliphatic heterocycles. The number of halogens is 1. The van der Waals surface area contributed by atoms with E-state index in [1.165, 1.54) is 6.92 Å². The van der Waals surface area contributed by atoms with Gasteiger partial charge in [-0.1, -0.05) is 17.7 Å². The van der Waals surface area contributed by atoms with E-state index in [1.807, 2.05) is 17.9 Å². The van der Waals surface area contributed by atoms with Gasteiger partial charge in [-0.05, 0) is 49.3 Å². The highest BCUT2D eigenvalue weighted by atomic mass is 35.5. The summed E-state index contributed by atoms with van der Waals surface area (Å²) in [5, 5.41) is 13.7. The van der Waals surface area contributed by atoms with Crippen LogP contribution in [0.5, 0.6) is 0 Å². The first-order valence-corrected chi connectivity index (χ1v) is 8.73. The van der Waals surface area contributed by atoms with Crippen molar-refractivity contribution in [2.45, 2.75) is 38.8 Å². The molecule has 3 rings (SSSR count). The van der Waals surface area contributed by atoms with Crippen LogP contribution in [0.1, 0.15) is 35.7 Å². The normalized spacial score (nSPS) is 29.2. The number of aliphatic hydroxyl groups excluding tert-OH is 1. The Morgan fingerprint density at radius 2 is 1.92 bits per heavy atom. The van der Waals surface area contributed by atoms with Crippen molar-refractivity contribution < 1.29 is 14.7 Å². The van der Waals surface area contributed by atoms with Gasteiger partial charge in [0.1, 0.15) is 0 Å². The summed E-state index contributed by atoms with van der Waals surface area (Å²) in [4.78, 5) is 25.8. The monoisotopic (exact) mass is 350 g/mol. The summed E-state index contributed by atoms with van der Waals surface area (Å²) < 4.78 is 0. The number of likely N-dealkylation sites (tertiary alicyclic amines) is 1. The molecule has 2 aliphatic rings. The van der Waals surface area contributed by atoms with E-state index in [4.69, 9.17) is 11.6 Å². The van der Waals surface area contributed by atoms with Crippen molar-refractivity contribution in [3.05, 3.63) is 34.3 Å². The largest absolute Gasteiger partial charge is 0.391 e. The second kappa shape index (κ2) is 6.73. The molecule has 24 heavy (non-hydrogen) atoms. The molecule has 130 valence electrons. The number of nitrogens with zero attached hydrogens (tertiary/aromatic N) is 1. The van der Waals surface area contributed by atoms with Crippen molar-refractivity contribution in [1.29, 1.82) is 0 Å². The van der Waals surface area contributed by atoms with Crippen LogP contribution in [-0.2, 0) is 4.79 Å². The molecule has 1 aromatic rings. The number of aliphatic hydroxyl groups is 1. The van der Waals surface area contributed by atoms with Crippen LogP contribution < -0.4 is 5.32 Å². The quantitative estimate of drug-likeness (QED) is 0.857. The van der Waals surface area contributed by atoms with Crippen molar-refractivity contribution in [2.75, 3.05) is 13.1 Å². The smallest absolute Gasteiger partial charge is 0.253 e. The number of hydrogen-bond donors (Lipinski definition) is 2. The standard InChI is InChI=1S/C18H23ClN2O3/c1-10-3-4-12(5-15(10)19)18(24)21-8-13-6-16(20-11(2)22)17(23)7-14(13)9-21/h3-5,13-14,16-17,23H,6-9H2,1-2H3,(H,20,22)/t13-,14+,16-,17-/m1/s1. The van der Waals surface area contributed by atoms with Gasteiger partial charge in [0.2, 0.25) is 5.91 Å². The van der Waals surface area contributed by atoms with E-state index >= 15 is 0 Å². The zero-order valence-electron chi connectivity index (χ0n) is 14.0. The molecule has 1 heterocycles. The van der Waals surface area contributed by atoms with E-state index in [9.17, 15) is 14.7 Å². The van der Waals surface area contributed by atoms with Crippen LogP contribution in [0.3, 0.4) is 0 Å². The van der Waals surface area contributed by atoms with Gasteiger partial charge in [0.25, 0.3) is 5.91 Å². The molecular formula is C18H23ClN2O3. The number of hydrogen-bond acceptors (Lipinski definition) is 3. The van der Waals surface area contributed by atoms with Crippen LogP contribution in [0.15, 0.2) is 18.2 Å². The Hall–Kier alpha value is -1.59. The van der Waals surface area contributed by atoms with Gasteiger partial charge in [0, 0.05) is 30.6 Å². The molecule has 0 unspecified atom stereocenters. The minimum Gasteiger partial charge on any atom is -0.391 e. The molecule has 6 heteroatoms. The Bertz CT molecular complexity index is 664. The van der Waals surface area contributed by atoms with E-state index in [-0.39, 0.29) is 23.8 Å². The maximum Gasteiger partial charge on any atom is 0.253 e. The van der Waals surface area contributed by atoms with E-state index < -0.39 is 6.10 Å². The van der Waals surface area contributed by atoms with Gasteiger partial charge in [-0.3, -0.25) is 9.59 Å². The Balaban J connectivity index is 1.69. The second-order valence-electron chi connectivity index (χ2n) is 7.04. The summed E-state index contributed by atoms with van der Waals surface area (Å²) in [6, 6.07) is 5.17. The van der Waals surface area contributed by atoms with Crippen LogP contribution in [0.4, 0.5) is 0 Å². The van der Waals surface area contributed by atoms with E-state index in [0.717, 1.165) is 5.56 Å². The van der Waals surface area contributed by atoms with Crippen molar-refractivity contribution in [2.24, 2.45) is 11.8 Å². The lowest BCUT2D eigenvalue weighted by Crippen LogP contribution is -2.48. The highest BCUT2D eigenvalue weighted by Crippen LogP contribution is 2.37. The fourth-order valence-electron chi connectivity index (χ4n) is 3.92. The summed E-state index contributed by atoms with van der Waals surface area (Å²) in [7, 11) is 0. The minimum atomic E-state index is -0.543. The molecule has 0 aromatic heterocycles. The summed E-state index contributed by atoms with van der Waals surface area (Å²) >= 11 is 6.13. The topological polar surface area (TPSA) is 69.6 Å². The molecule has 2 amide bonds. The van der Waals surface area contributed by atoms with Gasteiger partial charge >= 0.3 is 0 Å². The number of fused-ring (bicyclic) bond motifs is 1. The van der Waals surface area contributed by atoms with Crippen LogP contribution in [0.2, 0.25) is 5.02 Å². The molecular weight excluding hydrogens is 328 g/mol. The van der Waals surface area contributed by atoms with Crippen LogP contribution >= 0.6 is 11.6 Å². The Labute approximate surface area is 147 Å². The molecule has 1 saturated heterocycles. The van der Waals surface area contributed by atoms with Gasteiger partial charge < -0.3 is 15.3 Å². The van der Waals surface area contributed by atoms with Crippen molar-refractivity contribution in [3.8, 4) is 0 Å². The number of nitrogens with one attached hydrogen (secondary N) is 1. The second-order valence-corrected chi connectivity index (χ2v) is 7.45. The highest BCUT2D eigenvalue weighted by Gasteiger charge is 2.43. The molecule has 0 radical (unpaired) electrons. The average Bonchev–Trinajstić information content (AvgIpc) is 2.92. The lowest BCUT2D eigenvalue weighted by atomic mass is 9.77. The van der Waals surface area contributed by atoms with Gasteiger partial charge in [0.15, 0.2) is 0 Å². The zero-order chi connectivity index (χ0) is 17.4. The first-order valence-electron chi connectivity index (χ1n) is 8.35. The predicted molar refractivity (Wildman–Crippen MR) is 91.9 cm³/mol. The molecule has 0 spiro atoms. The fourth-order valence-corrected chi connectivity index (χ4v) is 4.10. The number of benzene rings is 1. The maximum atomic E-state index is 12.7. The summed E-state index contributed by atoms with van der Waals surface area (Å²) in [6.07, 6.45) is 0.789. The molecule has 2 fully saturated rings. The van der Waals surface area contributed by atoms with E-state index in [2.05, 4.69) is 5.32 Å². The van der Waals surface area contributed by atoms with Crippen LogP contribution in [0.25, 0.3) is 0 Å². The number of amides is 2. The third-order valence-electron chi connectivity index (χ3n) is 5.24. The molecule has 1 aliphatic carbocycles. The molecule has 1 aromatic carbocycles. The minimum absolute atomic E-state index is 0.0168. The van der Waals surface area contributed by atoms with Crippen molar-refractivity contribution in [3.63, 3.8) is 0 Å². The van der Waals surface area contributed by atoms with Crippen LogP contribution in [0, 0.1) is 18.8 Å². The summed E-state index contributed by atoms with van der Waals surface area (Å²) in [5.41, 5.74) is 1.55. The SMILES string of the molecule is CC(=O)N[C@@H]1C[C@@H]2CN(C(=O)c3ccc(C)c(Cl)c3)C[C@@H]2C[C@H]1O. The zero-order valence-corrected chi connectivity index (χ0v) is 14.7. The number of carbonyl (C=O) groups is 2. The number of rotatable bonds is 2. The van der Waals surface area contributed by atoms with Crippen LogP contribution in [-0.4, -0.2) is 47.1 Å². The number of aryl methyl sites for hydroxylation is 1. The molecule has 2 N–H and O–H groups in total. The van der Waals surface area contributed by atoms with E-state index in [1.54, 1.807) is 12.1 Å². The van der Waals surface area contributed by atoms with E-state index in [0.29, 0.717) is 42.4 Å². The summed E-state index contributed by atoms with van der Waals surface area (Å²) in [5.74, 6) is 0.458. The Morgan fingerprint density at radius 3 is 2.54 bits per heavy atom. The average molecular weight is 351 g/mol. The number of carbonyl (C=O) groups excluding carboxylic acids is 2. The summed E-state index contributed by atoms with van der Waals surface area (Å²) in [6.45, 7) is 4.69. The Morgan fingerprint density at radius 1 is 1.25 bits per heavy atom. The fraction of sp³-hybridized carbons (Fsp3) is 0.556. The van der Waals surface area contributed by atoms with Gasteiger partial charge in [0.05, 0.1) is 12.1 Å². The molecule has 4 atom stereocenters. The molecule has 5 nitrogen and oxygen atoms in total. The van der Waals surface area contributed by atoms with Gasteiger partial charge in [-0.2, -0.15) is 0 Å². The first-order chi connectivity index (χ1) is 11.3. The first kappa shape index (κ1) is 17.2. The lowest BCUT2D eigenvalue weighted by molar-refractivity contribution is -0.121. The van der Waals surface area contributed by atoms with Crippen molar-refractivity contribution in [1.82, 2.24) is 10.2 Å². The third kappa shape index (κ3) is 3.42. The predicted octanol–water partition coefficient (Wildman–Crippen LogP) is 2.00. The Kier molecular flexibility index (Phi) is 4.83.